The third-order valence-corrected chi connectivity index (χ3v) is 4.88. The van der Waals surface area contributed by atoms with E-state index in [1.54, 1.807) is 10.8 Å². The Balaban J connectivity index is 2.17. The fraction of sp³-hybridized carbons (Fsp3) is 0.429. The number of nitrogens with zero attached hydrogens (tertiary/aromatic N) is 2. The van der Waals surface area contributed by atoms with Crippen molar-refractivity contribution in [1.29, 1.82) is 0 Å². The summed E-state index contributed by atoms with van der Waals surface area (Å²) in [6.07, 6.45) is 7.15. The number of unbranched alkanes of at least 4 members (excludes halogenated alkanes) is 1. The van der Waals surface area contributed by atoms with Crippen molar-refractivity contribution in [3.8, 4) is 0 Å². The first kappa shape index (κ1) is 20.2. The fourth-order valence-corrected chi connectivity index (χ4v) is 3.26. The molecule has 2 aromatic rings. The molecule has 26 heavy (non-hydrogen) atoms. The number of para-hydroxylation sites is 1. The fourth-order valence-electron chi connectivity index (χ4n) is 2.94. The minimum Gasteiger partial charge on any atom is -0.322 e. The molecule has 0 aliphatic rings. The van der Waals surface area contributed by atoms with Crippen LogP contribution in [0.1, 0.15) is 56.0 Å². The van der Waals surface area contributed by atoms with E-state index in [0.29, 0.717) is 5.15 Å². The molecule has 0 fully saturated rings. The Morgan fingerprint density at radius 1 is 1.23 bits per heavy atom. The molecule has 1 heterocycles. The Morgan fingerprint density at radius 3 is 2.46 bits per heavy atom. The van der Waals surface area contributed by atoms with E-state index >= 15 is 0 Å². The molecule has 1 N–H and O–H groups in total. The number of aromatic nitrogens is 2. The number of hydrogen-bond acceptors (Lipinski definition) is 2. The number of benzene rings is 1. The molecule has 0 aliphatic carbocycles. The minimum absolute atomic E-state index is 0.155. The van der Waals surface area contributed by atoms with Crippen molar-refractivity contribution in [2.75, 3.05) is 5.32 Å². The monoisotopic (exact) mass is 373 g/mol. The topological polar surface area (TPSA) is 46.9 Å². The zero-order valence-electron chi connectivity index (χ0n) is 16.1. The van der Waals surface area contributed by atoms with Gasteiger partial charge in [-0.05, 0) is 43.4 Å². The Bertz CT molecular complexity index is 771. The van der Waals surface area contributed by atoms with Crippen LogP contribution < -0.4 is 5.32 Å². The first-order valence-corrected chi connectivity index (χ1v) is 9.72. The average molecular weight is 374 g/mol. The summed E-state index contributed by atoms with van der Waals surface area (Å²) in [6, 6.07) is 6.14. The molecule has 1 aromatic heterocycles. The second-order valence-corrected chi connectivity index (χ2v) is 6.71. The standard InChI is InChI=1S/C21H28ClN3O/c1-5-8-14-25-21(22)18(15(4)24-25)12-13-19(26)23-20-16(6-2)10-9-11-17(20)7-3/h9-13H,5-8,14H2,1-4H3,(H,23,26)/b13-12+. The van der Waals surface area contributed by atoms with Gasteiger partial charge in [0.1, 0.15) is 5.15 Å². The molecule has 0 unspecified atom stereocenters. The summed E-state index contributed by atoms with van der Waals surface area (Å²) >= 11 is 6.42. The number of carbonyl (C=O) groups excluding carboxylic acids is 1. The quantitative estimate of drug-likeness (QED) is 0.628. The van der Waals surface area contributed by atoms with Gasteiger partial charge < -0.3 is 5.32 Å². The molecule has 0 saturated carbocycles. The Labute approximate surface area is 161 Å². The molecule has 1 amide bonds. The highest BCUT2D eigenvalue weighted by Crippen LogP contribution is 2.24. The van der Waals surface area contributed by atoms with Crippen LogP contribution in [-0.4, -0.2) is 15.7 Å². The minimum atomic E-state index is -0.155. The molecule has 0 radical (unpaired) electrons. The van der Waals surface area contributed by atoms with Gasteiger partial charge in [0, 0.05) is 23.9 Å². The second kappa shape index (κ2) is 9.58. The van der Waals surface area contributed by atoms with E-state index in [4.69, 9.17) is 11.6 Å². The summed E-state index contributed by atoms with van der Waals surface area (Å²) in [5.41, 5.74) is 4.85. The number of rotatable bonds is 8. The normalized spacial score (nSPS) is 11.3. The smallest absolute Gasteiger partial charge is 0.248 e. The van der Waals surface area contributed by atoms with Crippen LogP contribution in [0.5, 0.6) is 0 Å². The highest BCUT2D eigenvalue weighted by atomic mass is 35.5. The maximum atomic E-state index is 12.5. The first-order chi connectivity index (χ1) is 12.5. The van der Waals surface area contributed by atoms with Gasteiger partial charge in [-0.2, -0.15) is 5.10 Å². The van der Waals surface area contributed by atoms with Gasteiger partial charge in [0.2, 0.25) is 5.91 Å². The lowest BCUT2D eigenvalue weighted by Crippen LogP contribution is -2.11. The highest BCUT2D eigenvalue weighted by Gasteiger charge is 2.12. The lowest BCUT2D eigenvalue weighted by atomic mass is 10.0. The summed E-state index contributed by atoms with van der Waals surface area (Å²) in [5.74, 6) is -0.155. The molecule has 0 atom stereocenters. The van der Waals surface area contributed by atoms with Gasteiger partial charge in [0.15, 0.2) is 0 Å². The molecule has 0 spiro atoms. The lowest BCUT2D eigenvalue weighted by Gasteiger charge is -2.13. The predicted octanol–water partition coefficient (Wildman–Crippen LogP) is 5.42. The van der Waals surface area contributed by atoms with Gasteiger partial charge in [0.25, 0.3) is 0 Å². The van der Waals surface area contributed by atoms with Crippen LogP contribution in [0.4, 0.5) is 5.69 Å². The molecule has 4 nitrogen and oxygen atoms in total. The Hall–Kier alpha value is -2.07. The lowest BCUT2D eigenvalue weighted by molar-refractivity contribution is -0.111. The van der Waals surface area contributed by atoms with Crippen molar-refractivity contribution in [1.82, 2.24) is 9.78 Å². The summed E-state index contributed by atoms with van der Waals surface area (Å²) in [6.45, 7) is 9.02. The summed E-state index contributed by atoms with van der Waals surface area (Å²) < 4.78 is 1.81. The SMILES string of the molecule is CCCCn1nc(C)c(/C=C/C(=O)Nc2c(CC)cccc2CC)c1Cl. The van der Waals surface area contributed by atoms with Crippen LogP contribution in [0.2, 0.25) is 5.15 Å². The number of hydrogen-bond donors (Lipinski definition) is 1. The van der Waals surface area contributed by atoms with Gasteiger partial charge >= 0.3 is 0 Å². The molecule has 0 saturated heterocycles. The zero-order chi connectivity index (χ0) is 19.1. The van der Waals surface area contributed by atoms with E-state index in [0.717, 1.165) is 60.3 Å². The number of amides is 1. The summed E-state index contributed by atoms with van der Waals surface area (Å²) in [4.78, 5) is 12.5. The van der Waals surface area contributed by atoms with Gasteiger partial charge in [0.05, 0.1) is 5.69 Å². The van der Waals surface area contributed by atoms with E-state index in [1.807, 2.05) is 13.0 Å². The maximum Gasteiger partial charge on any atom is 0.248 e. The summed E-state index contributed by atoms with van der Waals surface area (Å²) in [7, 11) is 0. The van der Waals surface area contributed by atoms with E-state index < -0.39 is 0 Å². The molecule has 0 bridgehead atoms. The zero-order valence-corrected chi connectivity index (χ0v) is 16.9. The van der Waals surface area contributed by atoms with E-state index in [9.17, 15) is 4.79 Å². The number of halogens is 1. The van der Waals surface area contributed by atoms with Gasteiger partial charge in [-0.1, -0.05) is 57.0 Å². The van der Waals surface area contributed by atoms with Crippen LogP contribution >= 0.6 is 11.6 Å². The van der Waals surface area contributed by atoms with Crippen molar-refractivity contribution >= 4 is 29.3 Å². The molecule has 1 aromatic carbocycles. The molecule has 5 heteroatoms. The number of anilines is 1. The van der Waals surface area contributed by atoms with Gasteiger partial charge in [-0.25, -0.2) is 0 Å². The van der Waals surface area contributed by atoms with Crippen LogP contribution in [0.15, 0.2) is 24.3 Å². The molecule has 2 rings (SSSR count). The van der Waals surface area contributed by atoms with Crippen molar-refractivity contribution in [2.45, 2.75) is 59.9 Å². The van der Waals surface area contributed by atoms with Crippen molar-refractivity contribution < 1.29 is 4.79 Å². The number of carbonyl (C=O) groups is 1. The first-order valence-electron chi connectivity index (χ1n) is 9.34. The Kier molecular flexibility index (Phi) is 7.46. The molecular weight excluding hydrogens is 346 g/mol. The van der Waals surface area contributed by atoms with Crippen molar-refractivity contribution in [3.63, 3.8) is 0 Å². The van der Waals surface area contributed by atoms with E-state index in [1.165, 1.54) is 6.08 Å². The average Bonchev–Trinajstić information content (AvgIpc) is 2.91. The largest absolute Gasteiger partial charge is 0.322 e. The van der Waals surface area contributed by atoms with E-state index in [-0.39, 0.29) is 5.91 Å². The highest BCUT2D eigenvalue weighted by molar-refractivity contribution is 6.31. The molecule has 0 aliphatic heterocycles. The van der Waals surface area contributed by atoms with Crippen LogP contribution in [0, 0.1) is 6.92 Å². The van der Waals surface area contributed by atoms with Crippen LogP contribution in [0.25, 0.3) is 6.08 Å². The van der Waals surface area contributed by atoms with Gasteiger partial charge in [-0.15, -0.1) is 0 Å². The van der Waals surface area contributed by atoms with Crippen LogP contribution in [-0.2, 0) is 24.2 Å². The van der Waals surface area contributed by atoms with Crippen molar-refractivity contribution in [2.24, 2.45) is 0 Å². The Morgan fingerprint density at radius 2 is 1.88 bits per heavy atom. The number of aryl methyl sites for hydroxylation is 4. The maximum absolute atomic E-state index is 12.5. The molecular formula is C21H28ClN3O. The van der Waals surface area contributed by atoms with Crippen molar-refractivity contribution in [3.05, 3.63) is 51.8 Å². The predicted molar refractivity (Wildman–Crippen MR) is 110 cm³/mol. The van der Waals surface area contributed by atoms with E-state index in [2.05, 4.69) is 43.3 Å². The summed E-state index contributed by atoms with van der Waals surface area (Å²) in [5, 5.41) is 8.09. The third kappa shape index (κ3) is 4.76. The van der Waals surface area contributed by atoms with Crippen LogP contribution in [0.3, 0.4) is 0 Å². The molecule has 140 valence electrons. The van der Waals surface area contributed by atoms with Gasteiger partial charge in [-0.3, -0.25) is 9.48 Å². The number of nitrogens with one attached hydrogen (secondary N) is 1. The second-order valence-electron chi connectivity index (χ2n) is 6.35. The third-order valence-electron chi connectivity index (χ3n) is 4.48.